The van der Waals surface area contributed by atoms with E-state index in [1.807, 2.05) is 24.3 Å². The highest BCUT2D eigenvalue weighted by Gasteiger charge is 2.34. The van der Waals surface area contributed by atoms with Crippen LogP contribution in [0.1, 0.15) is 6.42 Å². The van der Waals surface area contributed by atoms with Gasteiger partial charge in [0.05, 0.1) is 17.4 Å². The second-order valence-electron chi connectivity index (χ2n) is 4.85. The molecule has 0 aliphatic carbocycles. The quantitative estimate of drug-likeness (QED) is 0.736. The maximum atomic E-state index is 11.9. The molecule has 0 aromatic heterocycles. The van der Waals surface area contributed by atoms with Crippen molar-refractivity contribution in [1.29, 1.82) is 0 Å². The molecule has 2 heterocycles. The maximum Gasteiger partial charge on any atom is 0.407 e. The van der Waals surface area contributed by atoms with E-state index in [2.05, 4.69) is 10.2 Å². The normalized spacial score (nSPS) is 22.1. The summed E-state index contributed by atoms with van der Waals surface area (Å²) in [4.78, 5) is 26.4. The zero-order chi connectivity index (χ0) is 13.4. The summed E-state index contributed by atoms with van der Waals surface area (Å²) in [6.45, 7) is 1.45. The average Bonchev–Trinajstić information content (AvgIpc) is 2.53. The number of nitrogens with one attached hydrogen (secondary N) is 1. The van der Waals surface area contributed by atoms with E-state index in [0.29, 0.717) is 26.1 Å². The Morgan fingerprint density at radius 3 is 2.89 bits per heavy atom. The number of hydrogen-bond acceptors (Lipinski definition) is 3. The molecule has 6 nitrogen and oxygen atoms in total. The number of anilines is 2. The smallest absolute Gasteiger partial charge is 0.407 e. The van der Waals surface area contributed by atoms with Crippen LogP contribution < -0.4 is 10.2 Å². The lowest BCUT2D eigenvalue weighted by Crippen LogP contribution is -2.54. The highest BCUT2D eigenvalue weighted by Crippen LogP contribution is 2.32. The number of benzene rings is 1. The molecule has 0 radical (unpaired) electrons. The van der Waals surface area contributed by atoms with Crippen molar-refractivity contribution in [2.75, 3.05) is 29.9 Å². The SMILES string of the molecule is O=C1CC2CN(C(=O)O)CCN2c2ccccc2N1. The van der Waals surface area contributed by atoms with Gasteiger partial charge in [-0.2, -0.15) is 0 Å². The third kappa shape index (κ3) is 2.09. The van der Waals surface area contributed by atoms with Crippen molar-refractivity contribution in [2.24, 2.45) is 0 Å². The lowest BCUT2D eigenvalue weighted by atomic mass is 10.1. The molecule has 2 aliphatic heterocycles. The molecule has 2 N–H and O–H groups in total. The van der Waals surface area contributed by atoms with E-state index in [9.17, 15) is 9.59 Å². The van der Waals surface area contributed by atoms with Gasteiger partial charge in [0.25, 0.3) is 0 Å². The second kappa shape index (κ2) is 4.46. The van der Waals surface area contributed by atoms with Gasteiger partial charge in [-0.3, -0.25) is 4.79 Å². The molecule has 1 unspecified atom stereocenters. The van der Waals surface area contributed by atoms with E-state index < -0.39 is 6.09 Å². The Hall–Kier alpha value is -2.24. The molecular formula is C13H15N3O3. The summed E-state index contributed by atoms with van der Waals surface area (Å²) >= 11 is 0. The van der Waals surface area contributed by atoms with Crippen molar-refractivity contribution in [3.05, 3.63) is 24.3 Å². The fraction of sp³-hybridized carbons (Fsp3) is 0.385. The Morgan fingerprint density at radius 2 is 2.11 bits per heavy atom. The molecular weight excluding hydrogens is 246 g/mol. The summed E-state index contributed by atoms with van der Waals surface area (Å²) in [6, 6.07) is 7.56. The van der Waals surface area contributed by atoms with Crippen LogP contribution in [0.3, 0.4) is 0 Å². The Bertz CT molecular complexity index is 532. The third-order valence-electron chi connectivity index (χ3n) is 3.66. The Balaban J connectivity index is 1.94. The number of fused-ring (bicyclic) bond motifs is 3. The van der Waals surface area contributed by atoms with Gasteiger partial charge >= 0.3 is 6.09 Å². The highest BCUT2D eigenvalue weighted by atomic mass is 16.4. The molecule has 100 valence electrons. The van der Waals surface area contributed by atoms with Crippen LogP contribution in [0.25, 0.3) is 0 Å². The molecule has 1 aromatic rings. The molecule has 1 saturated heterocycles. The van der Waals surface area contributed by atoms with Crippen LogP contribution in [0, 0.1) is 0 Å². The monoisotopic (exact) mass is 261 g/mol. The molecule has 0 spiro atoms. The van der Waals surface area contributed by atoms with Crippen LogP contribution in [-0.2, 0) is 4.79 Å². The van der Waals surface area contributed by atoms with Crippen LogP contribution in [0.15, 0.2) is 24.3 Å². The van der Waals surface area contributed by atoms with Gasteiger partial charge in [0.15, 0.2) is 0 Å². The van der Waals surface area contributed by atoms with Gasteiger partial charge in [-0.15, -0.1) is 0 Å². The first kappa shape index (κ1) is 11.8. The minimum absolute atomic E-state index is 0.0628. The molecule has 2 amide bonds. The molecule has 1 atom stereocenters. The molecule has 1 aromatic carbocycles. The first-order valence-corrected chi connectivity index (χ1v) is 6.28. The molecule has 0 bridgehead atoms. The van der Waals surface area contributed by atoms with E-state index >= 15 is 0 Å². The highest BCUT2D eigenvalue weighted by molar-refractivity contribution is 5.96. The van der Waals surface area contributed by atoms with Crippen molar-refractivity contribution in [3.8, 4) is 0 Å². The van der Waals surface area contributed by atoms with Crippen LogP contribution in [0.4, 0.5) is 16.2 Å². The predicted octanol–water partition coefficient (Wildman–Crippen LogP) is 1.20. The molecule has 0 saturated carbocycles. The minimum atomic E-state index is -0.919. The van der Waals surface area contributed by atoms with Crippen molar-refractivity contribution >= 4 is 23.4 Å². The van der Waals surface area contributed by atoms with E-state index in [1.54, 1.807) is 0 Å². The molecule has 19 heavy (non-hydrogen) atoms. The van der Waals surface area contributed by atoms with Crippen molar-refractivity contribution in [2.45, 2.75) is 12.5 Å². The third-order valence-corrected chi connectivity index (χ3v) is 3.66. The predicted molar refractivity (Wildman–Crippen MR) is 70.4 cm³/mol. The zero-order valence-electron chi connectivity index (χ0n) is 10.4. The Morgan fingerprint density at radius 1 is 1.32 bits per heavy atom. The van der Waals surface area contributed by atoms with Gasteiger partial charge in [0.1, 0.15) is 0 Å². The summed E-state index contributed by atoms with van der Waals surface area (Å²) in [5.41, 5.74) is 1.78. The lowest BCUT2D eigenvalue weighted by Gasteiger charge is -2.40. The van der Waals surface area contributed by atoms with Gasteiger partial charge in [-0.05, 0) is 12.1 Å². The summed E-state index contributed by atoms with van der Waals surface area (Å²) in [5.74, 6) is -0.0628. The van der Waals surface area contributed by atoms with Crippen molar-refractivity contribution < 1.29 is 14.7 Å². The standard InChI is InChI=1S/C13H15N3O3/c17-12-7-9-8-15(13(18)19)5-6-16(9)11-4-2-1-3-10(11)14-12/h1-4,9H,5-8H2,(H,14,17)(H,18,19). The average molecular weight is 261 g/mol. The number of carbonyl (C=O) groups excluding carboxylic acids is 1. The summed E-state index contributed by atoms with van der Waals surface area (Å²) in [5, 5.41) is 11.9. The Kier molecular flexibility index (Phi) is 2.77. The maximum absolute atomic E-state index is 11.9. The summed E-state index contributed by atoms with van der Waals surface area (Å²) in [6.07, 6.45) is -0.601. The number of carboxylic acid groups (broad SMARTS) is 1. The molecule has 6 heteroatoms. The fourth-order valence-electron chi connectivity index (χ4n) is 2.77. The number of hydrogen-bond donors (Lipinski definition) is 2. The summed E-state index contributed by atoms with van der Waals surface area (Å²) < 4.78 is 0. The minimum Gasteiger partial charge on any atom is -0.465 e. The molecule has 1 fully saturated rings. The molecule has 2 aliphatic rings. The Labute approximate surface area is 110 Å². The van der Waals surface area contributed by atoms with Gasteiger partial charge in [0.2, 0.25) is 5.91 Å². The van der Waals surface area contributed by atoms with Gasteiger partial charge in [-0.25, -0.2) is 4.79 Å². The molecule has 3 rings (SSSR count). The second-order valence-corrected chi connectivity index (χ2v) is 4.85. The summed E-state index contributed by atoms with van der Waals surface area (Å²) in [7, 11) is 0. The number of amides is 2. The number of piperazine rings is 1. The number of carbonyl (C=O) groups is 2. The first-order valence-electron chi connectivity index (χ1n) is 6.28. The number of nitrogens with zero attached hydrogens (tertiary/aromatic N) is 2. The zero-order valence-corrected chi connectivity index (χ0v) is 10.4. The van der Waals surface area contributed by atoms with Crippen LogP contribution in [0.2, 0.25) is 0 Å². The number of rotatable bonds is 0. The van der Waals surface area contributed by atoms with Crippen molar-refractivity contribution in [1.82, 2.24) is 4.90 Å². The largest absolute Gasteiger partial charge is 0.465 e. The lowest BCUT2D eigenvalue weighted by molar-refractivity contribution is -0.116. The fourth-order valence-corrected chi connectivity index (χ4v) is 2.77. The van der Waals surface area contributed by atoms with Gasteiger partial charge in [0, 0.05) is 26.1 Å². The van der Waals surface area contributed by atoms with Gasteiger partial charge < -0.3 is 20.2 Å². The van der Waals surface area contributed by atoms with Crippen LogP contribution >= 0.6 is 0 Å². The number of para-hydroxylation sites is 2. The van der Waals surface area contributed by atoms with Crippen LogP contribution in [0.5, 0.6) is 0 Å². The van der Waals surface area contributed by atoms with E-state index in [4.69, 9.17) is 5.11 Å². The first-order chi connectivity index (χ1) is 9.15. The topological polar surface area (TPSA) is 72.9 Å². The van der Waals surface area contributed by atoms with Crippen LogP contribution in [-0.4, -0.2) is 47.7 Å². The van der Waals surface area contributed by atoms with E-state index in [-0.39, 0.29) is 11.9 Å². The van der Waals surface area contributed by atoms with Crippen molar-refractivity contribution in [3.63, 3.8) is 0 Å². The van der Waals surface area contributed by atoms with E-state index in [0.717, 1.165) is 11.4 Å². The van der Waals surface area contributed by atoms with E-state index in [1.165, 1.54) is 4.90 Å². The van der Waals surface area contributed by atoms with Gasteiger partial charge in [-0.1, -0.05) is 12.1 Å².